The minimum absolute atomic E-state index is 0.133. The Hall–Kier alpha value is -2.40. The predicted octanol–water partition coefficient (Wildman–Crippen LogP) is 3.54. The lowest BCUT2D eigenvalue weighted by Crippen LogP contribution is -2.05. The third-order valence-corrected chi connectivity index (χ3v) is 3.80. The van der Waals surface area contributed by atoms with Crippen LogP contribution in [0.15, 0.2) is 47.3 Å². The quantitative estimate of drug-likeness (QED) is 0.783. The minimum atomic E-state index is -0.296. The molecule has 3 aromatic rings. The summed E-state index contributed by atoms with van der Waals surface area (Å²) in [5.41, 5.74) is 1.53. The fraction of sp³-hybridized carbons (Fsp3) is 0. The van der Waals surface area contributed by atoms with Crippen LogP contribution < -0.4 is 4.87 Å². The summed E-state index contributed by atoms with van der Waals surface area (Å²) in [5, 5.41) is 9.41. The highest BCUT2D eigenvalue weighted by molar-refractivity contribution is 7.16. The van der Waals surface area contributed by atoms with Crippen molar-refractivity contribution in [3.05, 3.63) is 63.5 Å². The number of nitrogens with zero attached hydrogens (tertiary/aromatic N) is 1. The van der Waals surface area contributed by atoms with Crippen molar-refractivity contribution in [3.8, 4) is 5.75 Å². The summed E-state index contributed by atoms with van der Waals surface area (Å²) in [4.78, 5) is 11.8. The Bertz CT molecular complexity index is 846. The van der Waals surface area contributed by atoms with Crippen LogP contribution in [-0.4, -0.2) is 9.67 Å². The average Bonchev–Trinajstić information content (AvgIpc) is 2.73. The van der Waals surface area contributed by atoms with Crippen LogP contribution in [0.2, 0.25) is 0 Å². The SMILES string of the molecule is O=c1sc2cc(O)ccc2n1/C=C/c1ccc(F)cc1. The molecule has 0 saturated carbocycles. The van der Waals surface area contributed by atoms with Crippen LogP contribution in [0, 0.1) is 5.82 Å². The highest BCUT2D eigenvalue weighted by Crippen LogP contribution is 2.22. The van der Waals surface area contributed by atoms with Crippen LogP contribution in [0.25, 0.3) is 22.5 Å². The van der Waals surface area contributed by atoms with Crippen molar-refractivity contribution in [3.63, 3.8) is 0 Å². The Kier molecular flexibility index (Phi) is 3.12. The van der Waals surface area contributed by atoms with Crippen LogP contribution in [-0.2, 0) is 0 Å². The number of hydrogen-bond acceptors (Lipinski definition) is 3. The maximum atomic E-state index is 12.8. The van der Waals surface area contributed by atoms with E-state index in [1.807, 2.05) is 0 Å². The maximum absolute atomic E-state index is 12.8. The molecule has 0 spiro atoms. The molecule has 0 aliphatic carbocycles. The van der Waals surface area contributed by atoms with E-state index in [1.54, 1.807) is 36.5 Å². The van der Waals surface area contributed by atoms with Gasteiger partial charge in [0.15, 0.2) is 0 Å². The average molecular weight is 287 g/mol. The molecule has 3 rings (SSSR count). The summed E-state index contributed by atoms with van der Waals surface area (Å²) in [5.74, 6) is -0.163. The first kappa shape index (κ1) is 12.6. The molecule has 3 nitrogen and oxygen atoms in total. The van der Waals surface area contributed by atoms with E-state index in [0.29, 0.717) is 0 Å². The van der Waals surface area contributed by atoms with E-state index in [9.17, 15) is 14.3 Å². The van der Waals surface area contributed by atoms with Crippen molar-refractivity contribution in [2.45, 2.75) is 0 Å². The zero-order valence-corrected chi connectivity index (χ0v) is 11.1. The van der Waals surface area contributed by atoms with Gasteiger partial charge in [0, 0.05) is 6.20 Å². The number of fused-ring (bicyclic) bond motifs is 1. The lowest BCUT2D eigenvalue weighted by molar-refractivity contribution is 0.476. The van der Waals surface area contributed by atoms with Crippen molar-refractivity contribution < 1.29 is 9.50 Å². The van der Waals surface area contributed by atoms with Gasteiger partial charge in [-0.15, -0.1) is 0 Å². The van der Waals surface area contributed by atoms with Gasteiger partial charge in [-0.25, -0.2) is 4.39 Å². The second-order valence-electron chi connectivity index (χ2n) is 4.26. The van der Waals surface area contributed by atoms with Gasteiger partial charge in [0.1, 0.15) is 11.6 Å². The van der Waals surface area contributed by atoms with Gasteiger partial charge < -0.3 is 5.11 Å². The zero-order valence-electron chi connectivity index (χ0n) is 10.3. The van der Waals surface area contributed by atoms with Crippen molar-refractivity contribution in [2.24, 2.45) is 0 Å². The fourth-order valence-electron chi connectivity index (χ4n) is 1.90. The Balaban J connectivity index is 2.04. The molecule has 1 N–H and O–H groups in total. The van der Waals surface area contributed by atoms with E-state index in [2.05, 4.69) is 0 Å². The minimum Gasteiger partial charge on any atom is -0.508 e. The molecular formula is C15H10FNO2S. The van der Waals surface area contributed by atoms with E-state index in [-0.39, 0.29) is 16.4 Å². The molecular weight excluding hydrogens is 277 g/mol. The first-order valence-electron chi connectivity index (χ1n) is 5.91. The Labute approximate surface area is 117 Å². The van der Waals surface area contributed by atoms with Gasteiger partial charge in [-0.3, -0.25) is 9.36 Å². The summed E-state index contributed by atoms with van der Waals surface area (Å²) >= 11 is 1.07. The number of aromatic nitrogens is 1. The molecule has 0 aliphatic heterocycles. The van der Waals surface area contributed by atoms with Gasteiger partial charge in [-0.05, 0) is 42.0 Å². The van der Waals surface area contributed by atoms with Crippen LogP contribution in [0.1, 0.15) is 5.56 Å². The molecule has 2 aromatic carbocycles. The number of hydrogen-bond donors (Lipinski definition) is 1. The maximum Gasteiger partial charge on any atom is 0.312 e. The topological polar surface area (TPSA) is 42.2 Å². The molecule has 100 valence electrons. The van der Waals surface area contributed by atoms with Crippen molar-refractivity contribution in [1.82, 2.24) is 4.57 Å². The normalized spacial score (nSPS) is 11.4. The third kappa shape index (κ3) is 2.35. The standard InChI is InChI=1S/C15H10FNO2S/c16-11-3-1-10(2-4-11)7-8-17-13-6-5-12(18)9-14(13)20-15(17)19/h1-9,18H/b8-7+. The largest absolute Gasteiger partial charge is 0.508 e. The van der Waals surface area contributed by atoms with Crippen molar-refractivity contribution in [1.29, 1.82) is 0 Å². The predicted molar refractivity (Wildman–Crippen MR) is 79.4 cm³/mol. The van der Waals surface area contributed by atoms with Gasteiger partial charge in [-0.2, -0.15) is 0 Å². The summed E-state index contributed by atoms with van der Waals surface area (Å²) < 4.78 is 15.0. The Morgan fingerprint density at radius 3 is 2.65 bits per heavy atom. The number of thiazole rings is 1. The van der Waals surface area contributed by atoms with Crippen LogP contribution in [0.5, 0.6) is 5.75 Å². The first-order chi connectivity index (χ1) is 9.63. The van der Waals surface area contributed by atoms with Gasteiger partial charge in [-0.1, -0.05) is 23.5 Å². The number of aromatic hydroxyl groups is 1. The number of phenols is 1. The van der Waals surface area contributed by atoms with Crippen molar-refractivity contribution in [2.75, 3.05) is 0 Å². The second-order valence-corrected chi connectivity index (χ2v) is 5.25. The summed E-state index contributed by atoms with van der Waals surface area (Å²) in [6.45, 7) is 0. The zero-order chi connectivity index (χ0) is 14.1. The monoisotopic (exact) mass is 287 g/mol. The molecule has 0 saturated heterocycles. The smallest absolute Gasteiger partial charge is 0.312 e. The van der Waals surface area contributed by atoms with Crippen LogP contribution >= 0.6 is 11.3 Å². The van der Waals surface area contributed by atoms with E-state index in [4.69, 9.17) is 0 Å². The summed E-state index contributed by atoms with van der Waals surface area (Å²) in [6, 6.07) is 10.8. The van der Waals surface area contributed by atoms with Gasteiger partial charge >= 0.3 is 4.87 Å². The van der Waals surface area contributed by atoms with E-state index in [0.717, 1.165) is 27.1 Å². The number of phenolic OH excluding ortho intramolecular Hbond substituents is 1. The molecule has 0 atom stereocenters. The number of rotatable bonds is 2. The summed E-state index contributed by atoms with van der Waals surface area (Å²) in [6.07, 6.45) is 3.38. The molecule has 0 bridgehead atoms. The highest BCUT2D eigenvalue weighted by Gasteiger charge is 2.05. The molecule has 20 heavy (non-hydrogen) atoms. The molecule has 0 aliphatic rings. The van der Waals surface area contributed by atoms with Crippen LogP contribution in [0.3, 0.4) is 0 Å². The Morgan fingerprint density at radius 1 is 1.15 bits per heavy atom. The van der Waals surface area contributed by atoms with Crippen molar-refractivity contribution >= 4 is 33.8 Å². The van der Waals surface area contributed by atoms with E-state index in [1.165, 1.54) is 22.8 Å². The van der Waals surface area contributed by atoms with Gasteiger partial charge in [0.2, 0.25) is 0 Å². The van der Waals surface area contributed by atoms with E-state index < -0.39 is 0 Å². The Morgan fingerprint density at radius 2 is 1.90 bits per heavy atom. The van der Waals surface area contributed by atoms with Crippen LogP contribution in [0.4, 0.5) is 4.39 Å². The molecule has 5 heteroatoms. The van der Waals surface area contributed by atoms with Gasteiger partial charge in [0.05, 0.1) is 10.2 Å². The number of benzene rings is 2. The third-order valence-electron chi connectivity index (χ3n) is 2.88. The highest BCUT2D eigenvalue weighted by atomic mass is 32.1. The molecule has 1 heterocycles. The summed E-state index contributed by atoms with van der Waals surface area (Å²) in [7, 11) is 0. The number of halogens is 1. The molecule has 0 fully saturated rings. The molecule has 0 unspecified atom stereocenters. The lowest BCUT2D eigenvalue weighted by Gasteiger charge is -1.97. The first-order valence-corrected chi connectivity index (χ1v) is 6.73. The molecule has 0 amide bonds. The van der Waals surface area contributed by atoms with E-state index >= 15 is 0 Å². The lowest BCUT2D eigenvalue weighted by atomic mass is 10.2. The van der Waals surface area contributed by atoms with Gasteiger partial charge in [0.25, 0.3) is 0 Å². The molecule has 0 radical (unpaired) electrons. The fourth-order valence-corrected chi connectivity index (χ4v) is 2.80. The second kappa shape index (κ2) is 4.94. The molecule has 1 aromatic heterocycles.